The molecule has 5 nitrogen and oxygen atoms in total. The van der Waals surface area contributed by atoms with E-state index in [1.807, 2.05) is 18.2 Å². The van der Waals surface area contributed by atoms with Crippen molar-refractivity contribution in [3.05, 3.63) is 107 Å². The highest BCUT2D eigenvalue weighted by Crippen LogP contribution is 2.33. The first-order chi connectivity index (χ1) is 19.6. The summed E-state index contributed by atoms with van der Waals surface area (Å²) in [6.45, 7) is 6.47. The number of carbonyl (C=O) groups excluding carboxylic acids is 1. The number of benzene rings is 2. The molecule has 0 bridgehead atoms. The molecular formula is C34H39N3O2S. The lowest BCUT2D eigenvalue weighted by atomic mass is 9.84. The second kappa shape index (κ2) is 13.7. The Balaban J connectivity index is 1.21. The van der Waals surface area contributed by atoms with Crippen molar-refractivity contribution >= 4 is 23.0 Å². The fraction of sp³-hybridized carbons (Fsp3) is 0.353. The van der Waals surface area contributed by atoms with Crippen LogP contribution in [-0.2, 0) is 29.3 Å². The molecule has 6 heteroatoms. The molecular weight excluding hydrogens is 514 g/mol. The standard InChI is InChI=1S/C34H39N3O2S/c1-3-36(23-27-12-14-29(15-13-27)28-9-5-4-6-10-28)32-18-16-30(17-19-32)34-21-20-33(40-34)25-37(39-26(2)38)24-31-11-7-8-22-35-31/h7-8,11-22,28H,3-6,9-10,23-25H2,1-2H3. The maximum absolute atomic E-state index is 11.7. The minimum atomic E-state index is -0.330. The average Bonchev–Trinajstić information content (AvgIpc) is 3.45. The van der Waals surface area contributed by atoms with Gasteiger partial charge in [0.05, 0.1) is 18.8 Å². The second-order valence-corrected chi connectivity index (χ2v) is 11.8. The van der Waals surface area contributed by atoms with Crippen LogP contribution in [0.25, 0.3) is 10.4 Å². The molecule has 0 amide bonds. The number of pyridine rings is 1. The van der Waals surface area contributed by atoms with Crippen molar-refractivity contribution in [3.8, 4) is 10.4 Å². The first-order valence-corrected chi connectivity index (χ1v) is 15.3. The third-order valence-corrected chi connectivity index (χ3v) is 8.76. The monoisotopic (exact) mass is 553 g/mol. The van der Waals surface area contributed by atoms with Gasteiger partial charge in [-0.15, -0.1) is 16.4 Å². The van der Waals surface area contributed by atoms with Crippen molar-refractivity contribution in [2.24, 2.45) is 0 Å². The molecule has 0 radical (unpaired) electrons. The van der Waals surface area contributed by atoms with Gasteiger partial charge in [0, 0.05) is 41.7 Å². The lowest BCUT2D eigenvalue weighted by molar-refractivity contribution is -0.194. The van der Waals surface area contributed by atoms with Crippen molar-refractivity contribution in [1.82, 2.24) is 10.0 Å². The van der Waals surface area contributed by atoms with Gasteiger partial charge in [-0.2, -0.15) is 0 Å². The first-order valence-electron chi connectivity index (χ1n) is 14.4. The summed E-state index contributed by atoms with van der Waals surface area (Å²) in [5, 5.41) is 1.67. The molecule has 4 aromatic rings. The van der Waals surface area contributed by atoms with Crippen LogP contribution in [0.3, 0.4) is 0 Å². The fourth-order valence-electron chi connectivity index (χ4n) is 5.54. The number of carbonyl (C=O) groups is 1. The quantitative estimate of drug-likeness (QED) is 0.175. The summed E-state index contributed by atoms with van der Waals surface area (Å²) >= 11 is 1.72. The summed E-state index contributed by atoms with van der Waals surface area (Å²) in [6.07, 6.45) is 8.58. The number of rotatable bonds is 11. The molecule has 2 heterocycles. The molecule has 1 fully saturated rings. The van der Waals surface area contributed by atoms with Crippen LogP contribution >= 0.6 is 11.3 Å². The highest BCUT2D eigenvalue weighted by Gasteiger charge is 2.16. The number of hydrogen-bond acceptors (Lipinski definition) is 6. The SMILES string of the molecule is CCN(Cc1ccc(C2CCCCC2)cc1)c1ccc(-c2ccc(CN(Cc3ccccn3)OC(C)=O)s2)cc1. The van der Waals surface area contributed by atoms with E-state index < -0.39 is 0 Å². The largest absolute Gasteiger partial charge is 0.368 e. The predicted octanol–water partition coefficient (Wildman–Crippen LogP) is 8.36. The van der Waals surface area contributed by atoms with Gasteiger partial charge in [0.2, 0.25) is 0 Å². The van der Waals surface area contributed by atoms with E-state index in [0.29, 0.717) is 13.1 Å². The first kappa shape index (κ1) is 28.1. The highest BCUT2D eigenvalue weighted by atomic mass is 32.1. The maximum atomic E-state index is 11.7. The number of anilines is 1. The van der Waals surface area contributed by atoms with E-state index in [4.69, 9.17) is 4.84 Å². The van der Waals surface area contributed by atoms with E-state index >= 15 is 0 Å². The minimum absolute atomic E-state index is 0.330. The Labute approximate surface area is 242 Å². The lowest BCUT2D eigenvalue weighted by Gasteiger charge is -2.25. The summed E-state index contributed by atoms with van der Waals surface area (Å²) in [7, 11) is 0. The van der Waals surface area contributed by atoms with Gasteiger partial charge >= 0.3 is 5.97 Å². The van der Waals surface area contributed by atoms with E-state index in [-0.39, 0.29) is 5.97 Å². The number of aromatic nitrogens is 1. The number of thiophene rings is 1. The maximum Gasteiger partial charge on any atom is 0.322 e. The van der Waals surface area contributed by atoms with Gasteiger partial charge in [-0.25, -0.2) is 0 Å². The van der Waals surface area contributed by atoms with Crippen LogP contribution in [0.15, 0.2) is 85.1 Å². The van der Waals surface area contributed by atoms with Crippen LogP contribution in [0.2, 0.25) is 0 Å². The van der Waals surface area contributed by atoms with E-state index in [9.17, 15) is 4.79 Å². The van der Waals surface area contributed by atoms with Gasteiger partial charge in [-0.1, -0.05) is 61.7 Å². The van der Waals surface area contributed by atoms with Gasteiger partial charge < -0.3 is 9.74 Å². The van der Waals surface area contributed by atoms with Crippen LogP contribution in [0.5, 0.6) is 0 Å². The minimum Gasteiger partial charge on any atom is -0.368 e. The molecule has 1 aliphatic rings. The molecule has 0 N–H and O–H groups in total. The van der Waals surface area contributed by atoms with Crippen molar-refractivity contribution in [3.63, 3.8) is 0 Å². The summed E-state index contributed by atoms with van der Waals surface area (Å²) in [5.74, 6) is 0.421. The Morgan fingerprint density at radius 2 is 1.68 bits per heavy atom. The van der Waals surface area contributed by atoms with Gasteiger partial charge in [-0.3, -0.25) is 9.78 Å². The van der Waals surface area contributed by atoms with Crippen molar-refractivity contribution < 1.29 is 9.63 Å². The van der Waals surface area contributed by atoms with Gasteiger partial charge in [0.1, 0.15) is 0 Å². The van der Waals surface area contributed by atoms with Crippen LogP contribution in [0.1, 0.15) is 73.6 Å². The lowest BCUT2D eigenvalue weighted by Crippen LogP contribution is -2.25. The Hall–Kier alpha value is -3.48. The zero-order chi connectivity index (χ0) is 27.7. The topological polar surface area (TPSA) is 45.7 Å². The molecule has 0 aliphatic heterocycles. The van der Waals surface area contributed by atoms with Crippen LogP contribution in [0.4, 0.5) is 5.69 Å². The second-order valence-electron chi connectivity index (χ2n) is 10.6. The van der Waals surface area contributed by atoms with Crippen molar-refractivity contribution in [1.29, 1.82) is 0 Å². The van der Waals surface area contributed by atoms with Gasteiger partial charge in [-0.05, 0) is 78.8 Å². The zero-order valence-electron chi connectivity index (χ0n) is 23.6. The smallest absolute Gasteiger partial charge is 0.322 e. The number of hydrogen-bond donors (Lipinski definition) is 0. The predicted molar refractivity (Wildman–Crippen MR) is 164 cm³/mol. The normalized spacial score (nSPS) is 13.9. The molecule has 5 rings (SSSR count). The number of nitrogens with zero attached hydrogens (tertiary/aromatic N) is 3. The highest BCUT2D eigenvalue weighted by molar-refractivity contribution is 7.15. The molecule has 208 valence electrons. The average molecular weight is 554 g/mol. The van der Waals surface area contributed by atoms with Crippen molar-refractivity contribution in [2.45, 2.75) is 71.5 Å². The van der Waals surface area contributed by atoms with Gasteiger partial charge in [0.15, 0.2) is 0 Å². The molecule has 2 aromatic carbocycles. The fourth-order valence-corrected chi connectivity index (χ4v) is 6.56. The third-order valence-electron chi connectivity index (χ3n) is 7.64. The van der Waals surface area contributed by atoms with E-state index in [2.05, 4.69) is 77.5 Å². The van der Waals surface area contributed by atoms with E-state index in [1.54, 1.807) is 22.6 Å². The van der Waals surface area contributed by atoms with Crippen LogP contribution in [0, 0.1) is 0 Å². The molecule has 40 heavy (non-hydrogen) atoms. The molecule has 0 saturated heterocycles. The Morgan fingerprint density at radius 1 is 0.900 bits per heavy atom. The van der Waals surface area contributed by atoms with E-state index in [0.717, 1.165) is 29.6 Å². The number of hydroxylamine groups is 2. The van der Waals surface area contributed by atoms with Crippen LogP contribution in [-0.4, -0.2) is 22.6 Å². The van der Waals surface area contributed by atoms with Gasteiger partial charge in [0.25, 0.3) is 0 Å². The summed E-state index contributed by atoms with van der Waals surface area (Å²) in [4.78, 5) is 26.3. The molecule has 1 aliphatic carbocycles. The third kappa shape index (κ3) is 7.58. The Morgan fingerprint density at radius 3 is 2.35 bits per heavy atom. The van der Waals surface area contributed by atoms with Crippen LogP contribution < -0.4 is 4.90 Å². The molecule has 0 unspecified atom stereocenters. The molecule has 0 spiro atoms. The summed E-state index contributed by atoms with van der Waals surface area (Å²) < 4.78 is 0. The summed E-state index contributed by atoms with van der Waals surface area (Å²) in [6, 6.07) is 28.2. The molecule has 2 aromatic heterocycles. The summed E-state index contributed by atoms with van der Waals surface area (Å²) in [5.41, 5.74) is 6.15. The molecule has 1 saturated carbocycles. The molecule has 0 atom stereocenters. The Bertz CT molecular complexity index is 1350. The van der Waals surface area contributed by atoms with Crippen molar-refractivity contribution in [2.75, 3.05) is 11.4 Å². The Kier molecular flexibility index (Phi) is 9.63. The van der Waals surface area contributed by atoms with E-state index in [1.165, 1.54) is 66.3 Å². The zero-order valence-corrected chi connectivity index (χ0v) is 24.4.